The number of amides is 4. The number of nitrogens with two attached hydrogens (primary N) is 1. The summed E-state index contributed by atoms with van der Waals surface area (Å²) in [5, 5.41) is 3.20. The van der Waals surface area contributed by atoms with E-state index in [2.05, 4.69) is 10.3 Å². The van der Waals surface area contributed by atoms with Crippen LogP contribution in [0.5, 0.6) is 0 Å². The molecule has 0 bridgehead atoms. The van der Waals surface area contributed by atoms with Gasteiger partial charge in [0.2, 0.25) is 5.91 Å². The first-order chi connectivity index (χ1) is 17.4. The number of imide groups is 1. The van der Waals surface area contributed by atoms with Gasteiger partial charge >= 0.3 is 6.03 Å². The van der Waals surface area contributed by atoms with Gasteiger partial charge in [0.1, 0.15) is 11.9 Å². The molecule has 8 nitrogen and oxygen atoms in total. The lowest BCUT2D eigenvalue weighted by Crippen LogP contribution is -2.71. The summed E-state index contributed by atoms with van der Waals surface area (Å²) in [6, 6.07) is 11.6. The highest BCUT2D eigenvalue weighted by Gasteiger charge is 2.56. The third-order valence-corrected chi connectivity index (χ3v) is 8.04. The lowest BCUT2D eigenvalue weighted by molar-refractivity contribution is -0.156. The van der Waals surface area contributed by atoms with Gasteiger partial charge in [-0.15, -0.1) is 0 Å². The summed E-state index contributed by atoms with van der Waals surface area (Å²) in [6.07, 6.45) is 9.98. The van der Waals surface area contributed by atoms with E-state index in [1.165, 1.54) is 24.2 Å². The number of urea groups is 1. The highest BCUT2D eigenvalue weighted by Crippen LogP contribution is 2.41. The van der Waals surface area contributed by atoms with Crippen LogP contribution in [0.3, 0.4) is 0 Å². The van der Waals surface area contributed by atoms with Gasteiger partial charge in [-0.2, -0.15) is 0 Å². The van der Waals surface area contributed by atoms with E-state index in [1.807, 2.05) is 30.3 Å². The predicted molar refractivity (Wildman–Crippen MR) is 138 cm³/mol. The fourth-order valence-corrected chi connectivity index (χ4v) is 5.89. The second-order valence-corrected chi connectivity index (χ2v) is 10.5. The number of likely N-dealkylation sites (N-methyl/N-ethyl adjacent to an activating group) is 1. The summed E-state index contributed by atoms with van der Waals surface area (Å²) in [6.45, 7) is 0. The lowest BCUT2D eigenvalue weighted by atomic mass is 9.80. The third-order valence-electron chi connectivity index (χ3n) is 8.04. The fraction of sp³-hybridized carbons (Fsp3) is 0.500. The molecule has 0 unspecified atom stereocenters. The minimum absolute atomic E-state index is 0.0762. The van der Waals surface area contributed by atoms with Crippen LogP contribution >= 0.6 is 0 Å². The maximum absolute atomic E-state index is 13.7. The number of nitrogens with one attached hydrogen (secondary N) is 1. The Balaban J connectivity index is 1.37. The number of nitrogens with zero attached hydrogens (tertiary/aromatic N) is 3. The summed E-state index contributed by atoms with van der Waals surface area (Å²) < 4.78 is 0. The number of pyridine rings is 1. The molecule has 36 heavy (non-hydrogen) atoms. The molecule has 2 heterocycles. The van der Waals surface area contributed by atoms with Crippen LogP contribution in [-0.2, 0) is 16.0 Å². The van der Waals surface area contributed by atoms with E-state index in [0.717, 1.165) is 36.1 Å². The number of carbonyl (C=O) groups excluding carboxylic acids is 3. The Morgan fingerprint density at radius 3 is 2.44 bits per heavy atom. The van der Waals surface area contributed by atoms with Gasteiger partial charge in [0.15, 0.2) is 0 Å². The van der Waals surface area contributed by atoms with Crippen molar-refractivity contribution in [3.8, 4) is 0 Å². The number of aromatic nitrogens is 1. The van der Waals surface area contributed by atoms with E-state index < -0.39 is 18.0 Å². The van der Waals surface area contributed by atoms with Crippen LogP contribution in [0, 0.1) is 17.8 Å². The Kier molecular flexibility index (Phi) is 6.94. The van der Waals surface area contributed by atoms with Crippen molar-refractivity contribution in [3.63, 3.8) is 0 Å². The number of anilines is 2. The Morgan fingerprint density at radius 2 is 1.78 bits per heavy atom. The maximum Gasteiger partial charge on any atom is 0.325 e. The summed E-state index contributed by atoms with van der Waals surface area (Å²) in [5.41, 5.74) is 7.37. The molecule has 1 aliphatic heterocycles. The molecule has 2 aliphatic carbocycles. The quantitative estimate of drug-likeness (QED) is 0.576. The first kappa shape index (κ1) is 24.3. The van der Waals surface area contributed by atoms with Crippen molar-refractivity contribution in [2.45, 2.75) is 63.5 Å². The summed E-state index contributed by atoms with van der Waals surface area (Å²) >= 11 is 0. The van der Waals surface area contributed by atoms with Gasteiger partial charge in [-0.1, -0.05) is 37.5 Å². The van der Waals surface area contributed by atoms with Crippen LogP contribution in [0.15, 0.2) is 48.7 Å². The minimum atomic E-state index is -0.872. The van der Waals surface area contributed by atoms with Crippen molar-refractivity contribution in [1.82, 2.24) is 15.2 Å². The molecule has 3 aliphatic rings. The van der Waals surface area contributed by atoms with Gasteiger partial charge in [0, 0.05) is 25.0 Å². The van der Waals surface area contributed by atoms with Gasteiger partial charge in [-0.25, -0.2) is 9.78 Å². The van der Waals surface area contributed by atoms with E-state index >= 15 is 0 Å². The fourth-order valence-electron chi connectivity index (χ4n) is 5.89. The molecule has 3 fully saturated rings. The highest BCUT2D eigenvalue weighted by atomic mass is 16.2. The number of hydrogen-bond donors (Lipinski definition) is 2. The molecule has 4 amide bonds. The topological polar surface area (TPSA) is 109 Å². The maximum atomic E-state index is 13.7. The Labute approximate surface area is 212 Å². The number of rotatable bonds is 7. The van der Waals surface area contributed by atoms with Crippen molar-refractivity contribution in [3.05, 3.63) is 54.2 Å². The van der Waals surface area contributed by atoms with Crippen LogP contribution in [0.25, 0.3) is 0 Å². The average molecular weight is 490 g/mol. The zero-order chi connectivity index (χ0) is 25.2. The van der Waals surface area contributed by atoms with E-state index in [0.29, 0.717) is 29.8 Å². The van der Waals surface area contributed by atoms with Crippen molar-refractivity contribution in [2.24, 2.45) is 17.8 Å². The molecule has 2 saturated carbocycles. The van der Waals surface area contributed by atoms with E-state index in [4.69, 9.17) is 5.73 Å². The largest absolute Gasteiger partial charge is 0.384 e. The lowest BCUT2D eigenvalue weighted by Gasteiger charge is -2.46. The predicted octanol–water partition coefficient (Wildman–Crippen LogP) is 3.76. The number of para-hydroxylation sites is 1. The first-order valence-corrected chi connectivity index (χ1v) is 13.1. The van der Waals surface area contributed by atoms with Crippen molar-refractivity contribution in [1.29, 1.82) is 0 Å². The number of β-lactam (4-membered cyclic amide) rings is 1. The zero-order valence-electron chi connectivity index (χ0n) is 20.8. The molecule has 0 spiro atoms. The average Bonchev–Trinajstić information content (AvgIpc) is 3.74. The first-order valence-electron chi connectivity index (χ1n) is 13.1. The van der Waals surface area contributed by atoms with Crippen LogP contribution in [0.1, 0.15) is 50.5 Å². The summed E-state index contributed by atoms with van der Waals surface area (Å²) in [5.74, 6) is 0.0566. The SMILES string of the molecule is CN(C(=O)[C@@H]1[C@@H](Cc2ccnc(N)c2)C(=O)N1C(=O)N[C@H](C1CCCCC1)C1CC1)c1ccccc1. The monoisotopic (exact) mass is 489 g/mol. The highest BCUT2D eigenvalue weighted by molar-refractivity contribution is 6.12. The Bertz CT molecular complexity index is 1110. The van der Waals surface area contributed by atoms with Gasteiger partial charge in [-0.05, 0) is 73.8 Å². The molecule has 2 aromatic rings. The number of hydrogen-bond acceptors (Lipinski definition) is 5. The second-order valence-electron chi connectivity index (χ2n) is 10.5. The molecule has 1 aromatic carbocycles. The van der Waals surface area contributed by atoms with Crippen molar-refractivity contribution in [2.75, 3.05) is 17.7 Å². The molecule has 1 aromatic heterocycles. The molecule has 3 N–H and O–H groups in total. The van der Waals surface area contributed by atoms with Crippen LogP contribution in [0.2, 0.25) is 0 Å². The molecule has 3 atom stereocenters. The van der Waals surface area contributed by atoms with Crippen LogP contribution in [0.4, 0.5) is 16.3 Å². The van der Waals surface area contributed by atoms with Gasteiger partial charge in [0.25, 0.3) is 5.91 Å². The summed E-state index contributed by atoms with van der Waals surface area (Å²) in [7, 11) is 1.69. The number of benzene rings is 1. The van der Waals surface area contributed by atoms with E-state index in [-0.39, 0.29) is 17.9 Å². The Morgan fingerprint density at radius 1 is 1.08 bits per heavy atom. The number of carbonyl (C=O) groups is 3. The van der Waals surface area contributed by atoms with Crippen molar-refractivity contribution < 1.29 is 14.4 Å². The molecule has 1 saturated heterocycles. The normalized spacial score (nSPS) is 23.0. The van der Waals surface area contributed by atoms with Crippen LogP contribution in [-0.4, -0.2) is 46.9 Å². The molecule has 0 radical (unpaired) electrons. The molecular formula is C28H35N5O3. The van der Waals surface area contributed by atoms with Gasteiger partial charge < -0.3 is 16.0 Å². The van der Waals surface area contributed by atoms with Gasteiger partial charge in [-0.3, -0.25) is 14.5 Å². The third kappa shape index (κ3) is 4.94. The smallest absolute Gasteiger partial charge is 0.325 e. The van der Waals surface area contributed by atoms with Crippen molar-refractivity contribution >= 4 is 29.4 Å². The van der Waals surface area contributed by atoms with E-state index in [1.54, 1.807) is 25.4 Å². The number of likely N-dealkylation sites (tertiary alicyclic amines) is 1. The van der Waals surface area contributed by atoms with Gasteiger partial charge in [0.05, 0.1) is 5.92 Å². The molecule has 8 heteroatoms. The molecular weight excluding hydrogens is 454 g/mol. The van der Waals surface area contributed by atoms with E-state index in [9.17, 15) is 14.4 Å². The molecule has 190 valence electrons. The second kappa shape index (κ2) is 10.3. The molecule has 5 rings (SSSR count). The zero-order valence-corrected chi connectivity index (χ0v) is 20.8. The standard InChI is InChI=1S/C28H35N5O3/c1-32(21-10-6-3-7-11-21)27(35)25-22(16-18-14-15-30-23(29)17-18)26(34)33(25)28(36)31-24(20-12-13-20)19-8-4-2-5-9-19/h3,6-7,10-11,14-15,17,19-20,22,24-25H,2,4-5,8-9,12-13,16H2,1H3,(H2,29,30)(H,31,36)/t22-,24-,25+/m1/s1. The Hall–Kier alpha value is -3.42. The minimum Gasteiger partial charge on any atom is -0.384 e. The number of nitrogen functional groups attached to an aromatic ring is 1. The van der Waals surface area contributed by atoms with Crippen LogP contribution < -0.4 is 16.0 Å². The summed E-state index contributed by atoms with van der Waals surface area (Å²) in [4.78, 5) is 47.3.